The summed E-state index contributed by atoms with van der Waals surface area (Å²) in [6.07, 6.45) is 3.27. The van der Waals surface area contributed by atoms with E-state index in [0.717, 1.165) is 36.8 Å². The van der Waals surface area contributed by atoms with Gasteiger partial charge in [-0.2, -0.15) is 0 Å². The van der Waals surface area contributed by atoms with Crippen molar-refractivity contribution in [3.8, 4) is 0 Å². The van der Waals surface area contributed by atoms with E-state index in [1.54, 1.807) is 0 Å². The zero-order valence-electron chi connectivity index (χ0n) is 9.75. The Morgan fingerprint density at radius 1 is 1.19 bits per heavy atom. The van der Waals surface area contributed by atoms with Gasteiger partial charge < -0.3 is 5.73 Å². The lowest BCUT2D eigenvalue weighted by molar-refractivity contribution is -0.385. The van der Waals surface area contributed by atoms with Crippen molar-refractivity contribution in [2.45, 2.75) is 39.5 Å². The quantitative estimate of drug-likeness (QED) is 0.564. The maximum absolute atomic E-state index is 10.8. The van der Waals surface area contributed by atoms with Gasteiger partial charge in [-0.1, -0.05) is 26.7 Å². The minimum Gasteiger partial charge on any atom is -0.300 e. The number of non-ortho nitro benzene ring substituents is 1. The van der Waals surface area contributed by atoms with Gasteiger partial charge in [0.15, 0.2) is 0 Å². The van der Waals surface area contributed by atoms with E-state index in [0.29, 0.717) is 5.69 Å². The number of benzene rings is 1. The molecular formula is C12H17N2O2. The first kappa shape index (κ1) is 12.5. The third-order valence-corrected chi connectivity index (χ3v) is 2.54. The molecular weight excluding hydrogens is 204 g/mol. The van der Waals surface area contributed by atoms with Gasteiger partial charge in [0.05, 0.1) is 10.6 Å². The molecule has 0 aromatic heterocycles. The fourth-order valence-corrected chi connectivity index (χ4v) is 1.79. The van der Waals surface area contributed by atoms with E-state index in [1.807, 2.05) is 13.8 Å². The average Bonchev–Trinajstić information content (AvgIpc) is 2.24. The van der Waals surface area contributed by atoms with E-state index in [2.05, 4.69) is 0 Å². The summed E-state index contributed by atoms with van der Waals surface area (Å²) in [5.41, 5.74) is 10.1. The van der Waals surface area contributed by atoms with Gasteiger partial charge in [-0.3, -0.25) is 10.1 Å². The SMILES string of the molecule is CCCc1cc([N+](=O)[O-])cc(CCC)c1[NH]. The maximum atomic E-state index is 10.8. The topological polar surface area (TPSA) is 66.9 Å². The molecule has 0 heterocycles. The first-order chi connectivity index (χ1) is 7.60. The van der Waals surface area contributed by atoms with Crippen LogP contribution in [0.1, 0.15) is 37.8 Å². The van der Waals surface area contributed by atoms with Gasteiger partial charge in [0, 0.05) is 12.1 Å². The summed E-state index contributed by atoms with van der Waals surface area (Å²) in [6, 6.07) is 3.07. The fraction of sp³-hybridized carbons (Fsp3) is 0.500. The van der Waals surface area contributed by atoms with Crippen LogP contribution < -0.4 is 5.73 Å². The van der Waals surface area contributed by atoms with E-state index in [4.69, 9.17) is 5.73 Å². The summed E-state index contributed by atoms with van der Waals surface area (Å²) in [6.45, 7) is 4.02. The number of nitro benzene ring substituents is 1. The standard InChI is InChI=1S/C12H17N2O2/c1-3-5-9-7-11(14(15)16)8-10(6-4-2)12(9)13/h7-8,13H,3-6H2,1-2H3. The Labute approximate surface area is 95.6 Å². The first-order valence-corrected chi connectivity index (χ1v) is 5.61. The third kappa shape index (κ3) is 2.72. The van der Waals surface area contributed by atoms with E-state index >= 15 is 0 Å². The van der Waals surface area contributed by atoms with Crippen molar-refractivity contribution in [1.29, 1.82) is 0 Å². The second-order valence-corrected chi connectivity index (χ2v) is 3.90. The lowest BCUT2D eigenvalue weighted by atomic mass is 9.99. The van der Waals surface area contributed by atoms with Crippen LogP contribution in [-0.2, 0) is 12.8 Å². The highest BCUT2D eigenvalue weighted by molar-refractivity contribution is 5.57. The van der Waals surface area contributed by atoms with Gasteiger partial charge in [-0.15, -0.1) is 0 Å². The van der Waals surface area contributed by atoms with E-state index in [1.165, 1.54) is 12.1 Å². The lowest BCUT2D eigenvalue weighted by Crippen LogP contribution is -1.97. The average molecular weight is 221 g/mol. The highest BCUT2D eigenvalue weighted by Crippen LogP contribution is 2.28. The van der Waals surface area contributed by atoms with Crippen molar-refractivity contribution in [2.75, 3.05) is 0 Å². The molecule has 1 aromatic rings. The van der Waals surface area contributed by atoms with Crippen molar-refractivity contribution < 1.29 is 4.92 Å². The van der Waals surface area contributed by atoms with Crippen LogP contribution in [0.4, 0.5) is 11.4 Å². The summed E-state index contributed by atoms with van der Waals surface area (Å²) in [7, 11) is 0. The van der Waals surface area contributed by atoms with Crippen LogP contribution in [0.3, 0.4) is 0 Å². The molecule has 16 heavy (non-hydrogen) atoms. The van der Waals surface area contributed by atoms with Crippen LogP contribution >= 0.6 is 0 Å². The van der Waals surface area contributed by atoms with Crippen molar-refractivity contribution in [2.24, 2.45) is 0 Å². The molecule has 1 aromatic carbocycles. The monoisotopic (exact) mass is 221 g/mol. The Bertz CT molecular complexity index is 362. The smallest absolute Gasteiger partial charge is 0.270 e. The van der Waals surface area contributed by atoms with E-state index in [-0.39, 0.29) is 10.6 Å². The van der Waals surface area contributed by atoms with Gasteiger partial charge in [-0.25, -0.2) is 0 Å². The van der Waals surface area contributed by atoms with Crippen molar-refractivity contribution in [3.63, 3.8) is 0 Å². The number of nitrogens with zero attached hydrogens (tertiary/aromatic N) is 1. The number of hydrogen-bond acceptors (Lipinski definition) is 2. The Morgan fingerprint density at radius 3 is 1.94 bits per heavy atom. The highest BCUT2D eigenvalue weighted by Gasteiger charge is 2.14. The molecule has 1 N–H and O–H groups in total. The van der Waals surface area contributed by atoms with Crippen LogP contribution in [0.25, 0.3) is 0 Å². The molecule has 0 saturated heterocycles. The van der Waals surface area contributed by atoms with Crippen LogP contribution in [0, 0.1) is 10.1 Å². The molecule has 4 nitrogen and oxygen atoms in total. The lowest BCUT2D eigenvalue weighted by Gasteiger charge is -2.09. The van der Waals surface area contributed by atoms with E-state index in [9.17, 15) is 10.1 Å². The Morgan fingerprint density at radius 2 is 1.62 bits per heavy atom. The predicted octanol–water partition coefficient (Wildman–Crippen LogP) is 3.41. The molecule has 0 aliphatic heterocycles. The van der Waals surface area contributed by atoms with E-state index < -0.39 is 0 Å². The third-order valence-electron chi connectivity index (χ3n) is 2.54. The summed E-state index contributed by atoms with van der Waals surface area (Å²) < 4.78 is 0. The Kier molecular flexibility index (Phi) is 4.28. The van der Waals surface area contributed by atoms with Crippen LogP contribution in [0.2, 0.25) is 0 Å². The highest BCUT2D eigenvalue weighted by atomic mass is 16.6. The zero-order chi connectivity index (χ0) is 12.1. The normalized spacial score (nSPS) is 10.4. The summed E-state index contributed by atoms with van der Waals surface area (Å²) >= 11 is 0. The molecule has 0 spiro atoms. The molecule has 0 fully saturated rings. The van der Waals surface area contributed by atoms with Gasteiger partial charge in [0.1, 0.15) is 0 Å². The zero-order valence-corrected chi connectivity index (χ0v) is 9.75. The predicted molar refractivity (Wildman–Crippen MR) is 63.8 cm³/mol. The van der Waals surface area contributed by atoms with Gasteiger partial charge in [-0.05, 0) is 24.0 Å². The molecule has 0 saturated carbocycles. The van der Waals surface area contributed by atoms with Crippen molar-refractivity contribution in [3.05, 3.63) is 33.4 Å². The van der Waals surface area contributed by atoms with Crippen LogP contribution in [0.15, 0.2) is 12.1 Å². The van der Waals surface area contributed by atoms with Gasteiger partial charge in [0.25, 0.3) is 5.69 Å². The summed E-state index contributed by atoms with van der Waals surface area (Å²) in [5, 5.41) is 10.8. The fourth-order valence-electron chi connectivity index (χ4n) is 1.79. The van der Waals surface area contributed by atoms with Crippen LogP contribution in [-0.4, -0.2) is 4.92 Å². The number of hydrogen-bond donors (Lipinski definition) is 0. The van der Waals surface area contributed by atoms with Crippen LogP contribution in [0.5, 0.6) is 0 Å². The molecule has 0 bridgehead atoms. The molecule has 0 unspecified atom stereocenters. The Hall–Kier alpha value is -1.58. The number of nitrogens with one attached hydrogen (secondary N) is 1. The molecule has 1 rings (SSSR count). The Balaban J connectivity index is 3.21. The van der Waals surface area contributed by atoms with Crippen molar-refractivity contribution >= 4 is 11.4 Å². The summed E-state index contributed by atoms with van der Waals surface area (Å²) in [4.78, 5) is 10.4. The first-order valence-electron chi connectivity index (χ1n) is 5.61. The molecule has 1 radical (unpaired) electrons. The largest absolute Gasteiger partial charge is 0.300 e. The van der Waals surface area contributed by atoms with Crippen molar-refractivity contribution in [1.82, 2.24) is 5.73 Å². The second kappa shape index (κ2) is 5.49. The second-order valence-electron chi connectivity index (χ2n) is 3.90. The number of rotatable bonds is 5. The van der Waals surface area contributed by atoms with Gasteiger partial charge in [0.2, 0.25) is 0 Å². The van der Waals surface area contributed by atoms with Gasteiger partial charge >= 0.3 is 0 Å². The summed E-state index contributed by atoms with van der Waals surface area (Å²) in [5.74, 6) is 0. The molecule has 0 atom stereocenters. The number of aryl methyl sites for hydroxylation is 2. The molecule has 0 aliphatic carbocycles. The molecule has 4 heteroatoms. The maximum Gasteiger partial charge on any atom is 0.270 e. The minimum atomic E-state index is -0.377. The molecule has 0 amide bonds. The molecule has 0 aliphatic rings. The molecule has 87 valence electrons. The number of nitro groups is 1. The minimum absolute atomic E-state index is 0.114.